The standard InChI is InChI=1S/C16H32O3/c1-2-15(17)13-11-9-7-5-3-4-6-8-10-12-14-16(18)19/h15,17H,2-14H2,1H3,(H,18,19). The van der Waals surface area contributed by atoms with Crippen LogP contribution in [0.5, 0.6) is 0 Å². The zero-order chi connectivity index (χ0) is 14.3. The Morgan fingerprint density at radius 3 is 1.68 bits per heavy atom. The van der Waals surface area contributed by atoms with Crippen molar-refractivity contribution in [2.24, 2.45) is 0 Å². The highest BCUT2D eigenvalue weighted by atomic mass is 16.4. The maximum absolute atomic E-state index is 10.3. The molecule has 0 fully saturated rings. The van der Waals surface area contributed by atoms with Crippen LogP contribution in [0.15, 0.2) is 0 Å². The van der Waals surface area contributed by atoms with Gasteiger partial charge >= 0.3 is 5.97 Å². The zero-order valence-corrected chi connectivity index (χ0v) is 12.6. The lowest BCUT2D eigenvalue weighted by molar-refractivity contribution is -0.137. The van der Waals surface area contributed by atoms with E-state index in [9.17, 15) is 9.90 Å². The molecule has 2 N–H and O–H groups in total. The largest absolute Gasteiger partial charge is 0.481 e. The summed E-state index contributed by atoms with van der Waals surface area (Å²) in [7, 11) is 0. The number of aliphatic hydroxyl groups is 1. The molecule has 0 radical (unpaired) electrons. The van der Waals surface area contributed by atoms with Gasteiger partial charge in [-0.2, -0.15) is 0 Å². The van der Waals surface area contributed by atoms with E-state index in [0.29, 0.717) is 6.42 Å². The molecule has 0 aliphatic carbocycles. The first-order chi connectivity index (χ1) is 9.16. The molecular formula is C16H32O3. The molecule has 114 valence electrons. The Morgan fingerprint density at radius 1 is 0.842 bits per heavy atom. The van der Waals surface area contributed by atoms with E-state index in [0.717, 1.165) is 32.1 Å². The van der Waals surface area contributed by atoms with Crippen molar-refractivity contribution < 1.29 is 15.0 Å². The van der Waals surface area contributed by atoms with Crippen LogP contribution in [0.25, 0.3) is 0 Å². The van der Waals surface area contributed by atoms with Gasteiger partial charge in [-0.25, -0.2) is 0 Å². The van der Waals surface area contributed by atoms with Gasteiger partial charge in [-0.15, -0.1) is 0 Å². The van der Waals surface area contributed by atoms with E-state index >= 15 is 0 Å². The lowest BCUT2D eigenvalue weighted by Gasteiger charge is -2.06. The van der Waals surface area contributed by atoms with Gasteiger partial charge in [0.15, 0.2) is 0 Å². The van der Waals surface area contributed by atoms with Gasteiger partial charge in [-0.1, -0.05) is 64.7 Å². The average molecular weight is 272 g/mol. The number of unbranched alkanes of at least 4 members (excludes halogenated alkanes) is 9. The number of rotatable bonds is 14. The van der Waals surface area contributed by atoms with Gasteiger partial charge in [-0.3, -0.25) is 4.79 Å². The summed E-state index contributed by atoms with van der Waals surface area (Å²) in [5.41, 5.74) is 0. The molecule has 0 bridgehead atoms. The molecule has 0 heterocycles. The van der Waals surface area contributed by atoms with Crippen LogP contribution in [0.4, 0.5) is 0 Å². The summed E-state index contributed by atoms with van der Waals surface area (Å²) < 4.78 is 0. The van der Waals surface area contributed by atoms with Gasteiger partial charge in [-0.05, 0) is 19.3 Å². The molecule has 1 unspecified atom stereocenters. The molecule has 0 saturated carbocycles. The minimum absolute atomic E-state index is 0.0918. The topological polar surface area (TPSA) is 57.5 Å². The highest BCUT2D eigenvalue weighted by molar-refractivity contribution is 5.66. The Balaban J connectivity index is 3.01. The van der Waals surface area contributed by atoms with Crippen LogP contribution in [-0.2, 0) is 4.79 Å². The van der Waals surface area contributed by atoms with E-state index in [1.54, 1.807) is 0 Å². The molecule has 0 aliphatic heterocycles. The van der Waals surface area contributed by atoms with Crippen molar-refractivity contribution in [1.82, 2.24) is 0 Å². The second kappa shape index (κ2) is 13.9. The predicted octanol–water partition coefficient (Wildman–Crippen LogP) is 4.52. The van der Waals surface area contributed by atoms with Crippen molar-refractivity contribution in [1.29, 1.82) is 0 Å². The smallest absolute Gasteiger partial charge is 0.303 e. The Morgan fingerprint density at radius 2 is 1.26 bits per heavy atom. The second-order valence-electron chi connectivity index (χ2n) is 5.53. The van der Waals surface area contributed by atoms with Gasteiger partial charge in [0.2, 0.25) is 0 Å². The third-order valence-electron chi connectivity index (χ3n) is 3.65. The molecule has 0 amide bonds. The summed E-state index contributed by atoms with van der Waals surface area (Å²) >= 11 is 0. The molecule has 3 heteroatoms. The fraction of sp³-hybridized carbons (Fsp3) is 0.938. The number of hydrogen-bond acceptors (Lipinski definition) is 2. The zero-order valence-electron chi connectivity index (χ0n) is 12.6. The van der Waals surface area contributed by atoms with Crippen molar-refractivity contribution in [3.63, 3.8) is 0 Å². The quantitative estimate of drug-likeness (QED) is 0.457. The molecule has 0 aromatic heterocycles. The van der Waals surface area contributed by atoms with Crippen LogP contribution in [0.3, 0.4) is 0 Å². The minimum Gasteiger partial charge on any atom is -0.481 e. The predicted molar refractivity (Wildman–Crippen MR) is 79.3 cm³/mol. The van der Waals surface area contributed by atoms with Gasteiger partial charge < -0.3 is 10.2 Å². The summed E-state index contributed by atoms with van der Waals surface area (Å²) in [4.78, 5) is 10.3. The van der Waals surface area contributed by atoms with Crippen LogP contribution in [0.1, 0.15) is 90.4 Å². The van der Waals surface area contributed by atoms with Gasteiger partial charge in [0.25, 0.3) is 0 Å². The first-order valence-electron chi connectivity index (χ1n) is 8.06. The number of carbonyl (C=O) groups is 1. The minimum atomic E-state index is -0.673. The molecular weight excluding hydrogens is 240 g/mol. The molecule has 19 heavy (non-hydrogen) atoms. The van der Waals surface area contributed by atoms with Crippen molar-refractivity contribution in [2.45, 2.75) is 96.5 Å². The van der Waals surface area contributed by atoms with Crippen molar-refractivity contribution >= 4 is 5.97 Å². The maximum atomic E-state index is 10.3. The Kier molecular flexibility index (Phi) is 13.4. The van der Waals surface area contributed by atoms with Crippen molar-refractivity contribution in [3.8, 4) is 0 Å². The molecule has 0 spiro atoms. The average Bonchev–Trinajstić information content (AvgIpc) is 2.39. The molecule has 0 saturated heterocycles. The fourth-order valence-corrected chi connectivity index (χ4v) is 2.27. The number of aliphatic hydroxyl groups excluding tert-OH is 1. The van der Waals surface area contributed by atoms with Gasteiger partial charge in [0, 0.05) is 6.42 Å². The summed E-state index contributed by atoms with van der Waals surface area (Å²) in [5.74, 6) is -0.673. The Labute approximate surface area is 118 Å². The number of hydrogen-bond donors (Lipinski definition) is 2. The molecule has 0 rings (SSSR count). The molecule has 3 nitrogen and oxygen atoms in total. The van der Waals surface area contributed by atoms with Gasteiger partial charge in [0.05, 0.1) is 6.10 Å². The normalized spacial score (nSPS) is 12.5. The SMILES string of the molecule is CCC(O)CCCCCCCCCCCCC(=O)O. The first kappa shape index (κ1) is 18.4. The van der Waals surface area contributed by atoms with E-state index in [2.05, 4.69) is 0 Å². The molecule has 0 aliphatic rings. The summed E-state index contributed by atoms with van der Waals surface area (Å²) in [6.45, 7) is 2.03. The van der Waals surface area contributed by atoms with Crippen molar-refractivity contribution in [3.05, 3.63) is 0 Å². The summed E-state index contributed by atoms with van der Waals surface area (Å²) in [5, 5.41) is 17.9. The van der Waals surface area contributed by atoms with Crippen LogP contribution in [-0.4, -0.2) is 22.3 Å². The third kappa shape index (κ3) is 15.4. The number of aliphatic carboxylic acids is 1. The van der Waals surface area contributed by atoms with E-state index in [1.165, 1.54) is 44.9 Å². The molecule has 0 aromatic rings. The monoisotopic (exact) mass is 272 g/mol. The van der Waals surface area contributed by atoms with Crippen LogP contribution in [0.2, 0.25) is 0 Å². The van der Waals surface area contributed by atoms with Crippen molar-refractivity contribution in [2.75, 3.05) is 0 Å². The van der Waals surface area contributed by atoms with E-state index in [4.69, 9.17) is 5.11 Å². The Bertz CT molecular complexity index is 204. The summed E-state index contributed by atoms with van der Waals surface area (Å²) in [6.07, 6.45) is 13.9. The van der Waals surface area contributed by atoms with E-state index in [1.807, 2.05) is 6.92 Å². The molecule has 0 aromatic carbocycles. The highest BCUT2D eigenvalue weighted by Crippen LogP contribution is 2.13. The maximum Gasteiger partial charge on any atom is 0.303 e. The third-order valence-corrected chi connectivity index (χ3v) is 3.65. The first-order valence-corrected chi connectivity index (χ1v) is 8.06. The highest BCUT2D eigenvalue weighted by Gasteiger charge is 2.00. The van der Waals surface area contributed by atoms with Gasteiger partial charge in [0.1, 0.15) is 0 Å². The van der Waals surface area contributed by atoms with E-state index in [-0.39, 0.29) is 6.10 Å². The lowest BCUT2D eigenvalue weighted by atomic mass is 10.0. The fourth-order valence-electron chi connectivity index (χ4n) is 2.27. The van der Waals surface area contributed by atoms with E-state index < -0.39 is 5.97 Å². The molecule has 1 atom stereocenters. The van der Waals surface area contributed by atoms with Crippen LogP contribution >= 0.6 is 0 Å². The number of carboxylic acids is 1. The second-order valence-corrected chi connectivity index (χ2v) is 5.53. The van der Waals surface area contributed by atoms with Crippen LogP contribution < -0.4 is 0 Å². The number of carboxylic acid groups (broad SMARTS) is 1. The van der Waals surface area contributed by atoms with Crippen LogP contribution in [0, 0.1) is 0 Å². The Hall–Kier alpha value is -0.570. The lowest BCUT2D eigenvalue weighted by Crippen LogP contribution is -2.03. The summed E-state index contributed by atoms with van der Waals surface area (Å²) in [6, 6.07) is 0.